The molecule has 1 fully saturated rings. The standard InChI is InChI=1S/C24H30O6/c1-16(25)29-12-13-30-23(27)19(17-6-4-7-18(14-17)28-3)15-20-21-8-5-10-24(21,2)11-9-22(20)26/h4,6-7,14,19H,5,8-13,15H2,1-3H3/t19?,24-/m0/s1. The van der Waals surface area contributed by atoms with E-state index in [0.29, 0.717) is 18.6 Å². The molecule has 1 unspecified atom stereocenters. The summed E-state index contributed by atoms with van der Waals surface area (Å²) in [7, 11) is 1.57. The number of carbonyl (C=O) groups excluding carboxylic acids is 3. The van der Waals surface area contributed by atoms with Crippen LogP contribution >= 0.6 is 0 Å². The van der Waals surface area contributed by atoms with Crippen LogP contribution in [0.25, 0.3) is 0 Å². The number of ether oxygens (including phenoxy) is 3. The van der Waals surface area contributed by atoms with Gasteiger partial charge in [0.1, 0.15) is 19.0 Å². The Hall–Kier alpha value is -2.63. The van der Waals surface area contributed by atoms with Crippen molar-refractivity contribution in [1.29, 1.82) is 0 Å². The third-order valence-corrected chi connectivity index (χ3v) is 6.31. The van der Waals surface area contributed by atoms with Crippen molar-refractivity contribution in [2.24, 2.45) is 5.41 Å². The second-order valence-electron chi connectivity index (χ2n) is 8.34. The van der Waals surface area contributed by atoms with E-state index in [1.165, 1.54) is 12.5 Å². The van der Waals surface area contributed by atoms with Gasteiger partial charge in [0.2, 0.25) is 0 Å². The normalized spacial score (nSPS) is 21.8. The summed E-state index contributed by atoms with van der Waals surface area (Å²) in [6.07, 6.45) is 4.84. The molecule has 162 valence electrons. The van der Waals surface area contributed by atoms with Gasteiger partial charge < -0.3 is 14.2 Å². The van der Waals surface area contributed by atoms with Gasteiger partial charge in [-0.3, -0.25) is 14.4 Å². The third kappa shape index (κ3) is 4.91. The maximum Gasteiger partial charge on any atom is 0.313 e. The van der Waals surface area contributed by atoms with Crippen LogP contribution in [0.4, 0.5) is 0 Å². The van der Waals surface area contributed by atoms with E-state index in [1.54, 1.807) is 7.11 Å². The first-order valence-electron chi connectivity index (χ1n) is 10.5. The molecule has 6 nitrogen and oxygen atoms in total. The topological polar surface area (TPSA) is 78.9 Å². The number of esters is 2. The number of methoxy groups -OCH3 is 1. The summed E-state index contributed by atoms with van der Waals surface area (Å²) in [4.78, 5) is 36.8. The molecule has 0 amide bonds. The predicted octanol–water partition coefficient (Wildman–Crippen LogP) is 4.12. The quantitative estimate of drug-likeness (QED) is 0.470. The molecule has 0 N–H and O–H groups in total. The van der Waals surface area contributed by atoms with Crippen molar-refractivity contribution >= 4 is 17.7 Å². The van der Waals surface area contributed by atoms with Gasteiger partial charge in [-0.25, -0.2) is 0 Å². The number of hydrogen-bond acceptors (Lipinski definition) is 6. The van der Waals surface area contributed by atoms with E-state index in [4.69, 9.17) is 14.2 Å². The Morgan fingerprint density at radius 1 is 1.13 bits per heavy atom. The van der Waals surface area contributed by atoms with Crippen LogP contribution in [0.1, 0.15) is 63.9 Å². The fourth-order valence-corrected chi connectivity index (χ4v) is 4.67. The summed E-state index contributed by atoms with van der Waals surface area (Å²) < 4.78 is 15.6. The van der Waals surface area contributed by atoms with Crippen LogP contribution in [0.5, 0.6) is 5.75 Å². The fourth-order valence-electron chi connectivity index (χ4n) is 4.67. The summed E-state index contributed by atoms with van der Waals surface area (Å²) in [6.45, 7) is 3.54. The molecule has 0 bridgehead atoms. The van der Waals surface area contributed by atoms with Crippen LogP contribution in [0.2, 0.25) is 0 Å². The zero-order valence-corrected chi connectivity index (χ0v) is 18.0. The molecule has 2 aliphatic carbocycles. The lowest BCUT2D eigenvalue weighted by Crippen LogP contribution is -2.27. The smallest absolute Gasteiger partial charge is 0.313 e. The second-order valence-corrected chi connectivity index (χ2v) is 8.34. The summed E-state index contributed by atoms with van der Waals surface area (Å²) >= 11 is 0. The zero-order chi connectivity index (χ0) is 21.7. The van der Waals surface area contributed by atoms with Crippen LogP contribution in [-0.2, 0) is 23.9 Å². The lowest BCUT2D eigenvalue weighted by Gasteiger charge is -2.33. The average Bonchev–Trinajstić information content (AvgIpc) is 3.12. The Morgan fingerprint density at radius 2 is 1.90 bits per heavy atom. The minimum absolute atomic E-state index is 0.0108. The first-order chi connectivity index (χ1) is 14.3. The highest BCUT2D eigenvalue weighted by molar-refractivity contribution is 5.98. The highest BCUT2D eigenvalue weighted by Gasteiger charge is 2.41. The maximum atomic E-state index is 13.0. The molecule has 3 rings (SSSR count). The van der Waals surface area contributed by atoms with Gasteiger partial charge in [-0.2, -0.15) is 0 Å². The average molecular weight is 414 g/mol. The molecule has 2 atom stereocenters. The number of Topliss-reactive ketones (excluding diaryl/α,β-unsaturated/α-hetero) is 1. The number of carbonyl (C=O) groups is 3. The van der Waals surface area contributed by atoms with Gasteiger partial charge in [0, 0.05) is 13.3 Å². The zero-order valence-electron chi connectivity index (χ0n) is 18.0. The van der Waals surface area contributed by atoms with E-state index in [-0.39, 0.29) is 24.4 Å². The van der Waals surface area contributed by atoms with Crippen molar-refractivity contribution in [2.75, 3.05) is 20.3 Å². The molecule has 2 aliphatic rings. The molecule has 1 saturated carbocycles. The fraction of sp³-hybridized carbons (Fsp3) is 0.542. The Labute approximate surface area is 177 Å². The number of allylic oxidation sites excluding steroid dienone is 2. The van der Waals surface area contributed by atoms with Crippen molar-refractivity contribution in [3.8, 4) is 5.75 Å². The number of fused-ring (bicyclic) bond motifs is 1. The van der Waals surface area contributed by atoms with E-state index in [2.05, 4.69) is 6.92 Å². The van der Waals surface area contributed by atoms with Gasteiger partial charge >= 0.3 is 11.9 Å². The third-order valence-electron chi connectivity index (χ3n) is 6.31. The Kier molecular flexibility index (Phi) is 6.95. The first-order valence-corrected chi connectivity index (χ1v) is 10.5. The van der Waals surface area contributed by atoms with Crippen molar-refractivity contribution in [2.45, 2.75) is 58.3 Å². The summed E-state index contributed by atoms with van der Waals surface area (Å²) in [5, 5.41) is 0. The number of hydrogen-bond donors (Lipinski definition) is 0. The molecular weight excluding hydrogens is 384 g/mol. The number of ketones is 1. The van der Waals surface area contributed by atoms with Gasteiger partial charge in [0.05, 0.1) is 13.0 Å². The van der Waals surface area contributed by atoms with Gasteiger partial charge in [-0.1, -0.05) is 24.6 Å². The molecular formula is C24H30O6. The van der Waals surface area contributed by atoms with Gasteiger partial charge in [0.25, 0.3) is 0 Å². The SMILES string of the molecule is COc1cccc(C(CC2=C3CCC[C@@]3(C)CCC2=O)C(=O)OCCOC(C)=O)c1. The molecule has 0 saturated heterocycles. The second kappa shape index (κ2) is 9.45. The highest BCUT2D eigenvalue weighted by Crippen LogP contribution is 2.51. The predicted molar refractivity (Wildman–Crippen MR) is 111 cm³/mol. The summed E-state index contributed by atoms with van der Waals surface area (Å²) in [6, 6.07) is 7.30. The Balaban J connectivity index is 1.87. The Bertz CT molecular complexity index is 855. The monoisotopic (exact) mass is 414 g/mol. The van der Waals surface area contributed by atoms with Crippen LogP contribution in [-0.4, -0.2) is 38.0 Å². The molecule has 0 radical (unpaired) electrons. The van der Waals surface area contributed by atoms with Crippen molar-refractivity contribution in [3.05, 3.63) is 41.0 Å². The van der Waals surface area contributed by atoms with Crippen molar-refractivity contribution in [3.63, 3.8) is 0 Å². The highest BCUT2D eigenvalue weighted by atomic mass is 16.6. The van der Waals surface area contributed by atoms with Crippen LogP contribution in [0.3, 0.4) is 0 Å². The lowest BCUT2D eigenvalue weighted by molar-refractivity contribution is -0.152. The molecule has 0 aliphatic heterocycles. The molecule has 0 heterocycles. The van der Waals surface area contributed by atoms with Crippen molar-refractivity contribution in [1.82, 2.24) is 0 Å². The van der Waals surface area contributed by atoms with Gasteiger partial charge in [-0.15, -0.1) is 0 Å². The largest absolute Gasteiger partial charge is 0.497 e. The van der Waals surface area contributed by atoms with E-state index in [9.17, 15) is 14.4 Å². The van der Waals surface area contributed by atoms with E-state index in [1.807, 2.05) is 24.3 Å². The van der Waals surface area contributed by atoms with E-state index >= 15 is 0 Å². The first kappa shape index (κ1) is 22.1. The van der Waals surface area contributed by atoms with Crippen LogP contribution in [0, 0.1) is 5.41 Å². The molecule has 30 heavy (non-hydrogen) atoms. The van der Waals surface area contributed by atoms with Gasteiger partial charge in [-0.05, 0) is 60.8 Å². The summed E-state index contributed by atoms with van der Waals surface area (Å²) in [5.74, 6) is -0.683. The molecule has 1 aromatic rings. The molecule has 0 aromatic heterocycles. The lowest BCUT2D eigenvalue weighted by atomic mass is 9.70. The van der Waals surface area contributed by atoms with Crippen LogP contribution in [0.15, 0.2) is 35.4 Å². The van der Waals surface area contributed by atoms with Gasteiger partial charge in [0.15, 0.2) is 5.78 Å². The minimum atomic E-state index is -0.619. The Morgan fingerprint density at radius 3 is 2.63 bits per heavy atom. The minimum Gasteiger partial charge on any atom is -0.497 e. The number of rotatable bonds is 8. The van der Waals surface area contributed by atoms with Crippen molar-refractivity contribution < 1.29 is 28.6 Å². The van der Waals surface area contributed by atoms with E-state index in [0.717, 1.165) is 36.8 Å². The maximum absolute atomic E-state index is 13.0. The molecule has 0 spiro atoms. The number of benzene rings is 1. The summed E-state index contributed by atoms with van der Waals surface area (Å²) in [5.41, 5.74) is 2.84. The van der Waals surface area contributed by atoms with Crippen LogP contribution < -0.4 is 4.74 Å². The molecule has 6 heteroatoms. The van der Waals surface area contributed by atoms with E-state index < -0.39 is 17.9 Å². The molecule has 1 aromatic carbocycles.